The van der Waals surface area contributed by atoms with E-state index < -0.39 is 5.60 Å². The molecule has 0 fully saturated rings. The van der Waals surface area contributed by atoms with Crippen LogP contribution in [-0.2, 0) is 0 Å². The summed E-state index contributed by atoms with van der Waals surface area (Å²) in [4.78, 5) is 0. The summed E-state index contributed by atoms with van der Waals surface area (Å²) in [5, 5.41) is 10.2. The highest BCUT2D eigenvalue weighted by molar-refractivity contribution is 5.06. The molecule has 1 aliphatic carbocycles. The summed E-state index contributed by atoms with van der Waals surface area (Å²) in [5.74, 6) is 0. The van der Waals surface area contributed by atoms with Crippen molar-refractivity contribution in [2.45, 2.75) is 65.4 Å². The number of hydrogen-bond acceptors (Lipinski definition) is 1. The van der Waals surface area contributed by atoms with E-state index in [-0.39, 0.29) is 5.41 Å². The maximum atomic E-state index is 10.2. The van der Waals surface area contributed by atoms with Crippen molar-refractivity contribution in [3.8, 4) is 0 Å². The minimum absolute atomic E-state index is 0.210. The maximum Gasteiger partial charge on any atom is 0.0654 e. The van der Waals surface area contributed by atoms with E-state index in [1.54, 1.807) is 0 Å². The molecular formula is C15H26O. The second kappa shape index (κ2) is 5.18. The Morgan fingerprint density at radius 3 is 2.56 bits per heavy atom. The fraction of sp³-hybridized carbons (Fsp3) is 0.733. The molecule has 16 heavy (non-hydrogen) atoms. The Bertz CT molecular complexity index is 282. The van der Waals surface area contributed by atoms with Crippen LogP contribution in [-0.4, -0.2) is 10.7 Å². The smallest absolute Gasteiger partial charge is 0.0654 e. The molecule has 0 spiro atoms. The normalized spacial score (nSPS) is 31.7. The molecule has 1 aliphatic rings. The summed E-state index contributed by atoms with van der Waals surface area (Å²) in [6.07, 6.45) is 11.7. The van der Waals surface area contributed by atoms with E-state index in [0.717, 1.165) is 32.1 Å². The predicted molar refractivity (Wildman–Crippen MR) is 70.4 cm³/mol. The second-order valence-electron chi connectivity index (χ2n) is 6.20. The number of aliphatic hydroxyl groups is 1. The second-order valence-corrected chi connectivity index (χ2v) is 6.20. The average molecular weight is 222 g/mol. The van der Waals surface area contributed by atoms with Gasteiger partial charge in [0.1, 0.15) is 0 Å². The van der Waals surface area contributed by atoms with Crippen molar-refractivity contribution in [1.29, 1.82) is 0 Å². The molecule has 1 nitrogen and oxygen atoms in total. The molecule has 0 aromatic carbocycles. The highest BCUT2D eigenvalue weighted by atomic mass is 16.3. The molecule has 1 N–H and O–H groups in total. The van der Waals surface area contributed by atoms with Gasteiger partial charge in [0.15, 0.2) is 0 Å². The summed E-state index contributed by atoms with van der Waals surface area (Å²) in [7, 11) is 0. The van der Waals surface area contributed by atoms with E-state index in [9.17, 15) is 5.11 Å². The maximum absolute atomic E-state index is 10.2. The number of rotatable bonds is 0. The summed E-state index contributed by atoms with van der Waals surface area (Å²) in [5.41, 5.74) is 1.14. The lowest BCUT2D eigenvalue weighted by Crippen LogP contribution is -2.22. The third-order valence-corrected chi connectivity index (χ3v) is 3.39. The third kappa shape index (κ3) is 4.98. The molecule has 0 heterocycles. The van der Waals surface area contributed by atoms with Gasteiger partial charge in [-0.25, -0.2) is 0 Å². The molecule has 1 rings (SSSR count). The van der Waals surface area contributed by atoms with Gasteiger partial charge in [-0.05, 0) is 51.4 Å². The summed E-state index contributed by atoms with van der Waals surface area (Å²) < 4.78 is 0. The summed E-state index contributed by atoms with van der Waals surface area (Å²) in [6.45, 7) is 8.65. The molecule has 0 aromatic rings. The molecule has 0 aromatic heterocycles. The molecule has 1 heteroatoms. The fourth-order valence-corrected chi connectivity index (χ4v) is 2.09. The third-order valence-electron chi connectivity index (χ3n) is 3.39. The van der Waals surface area contributed by atoms with Gasteiger partial charge in [-0.3, -0.25) is 0 Å². The van der Waals surface area contributed by atoms with Crippen LogP contribution in [0, 0.1) is 5.41 Å². The Kier molecular flexibility index (Phi) is 4.37. The molecule has 0 saturated carbocycles. The van der Waals surface area contributed by atoms with Crippen molar-refractivity contribution in [2.24, 2.45) is 5.41 Å². The molecule has 92 valence electrons. The van der Waals surface area contributed by atoms with Crippen LogP contribution < -0.4 is 0 Å². The molecule has 0 bridgehead atoms. The van der Waals surface area contributed by atoms with Gasteiger partial charge in [0.25, 0.3) is 0 Å². The van der Waals surface area contributed by atoms with Gasteiger partial charge in [0, 0.05) is 0 Å². The standard InChI is InChI=1S/C15H26O/c1-13-7-5-10-15(4,16)11-6-9-14(2,3)12-8-13/h6,8-9,16H,5,7,10-12H2,1-4H3. The Morgan fingerprint density at radius 1 is 1.19 bits per heavy atom. The van der Waals surface area contributed by atoms with Crippen LogP contribution in [0.5, 0.6) is 0 Å². The van der Waals surface area contributed by atoms with Crippen LogP contribution in [0.25, 0.3) is 0 Å². The molecule has 0 aliphatic heterocycles. The van der Waals surface area contributed by atoms with Gasteiger partial charge in [-0.2, -0.15) is 0 Å². The van der Waals surface area contributed by atoms with Crippen LogP contribution in [0.3, 0.4) is 0 Å². The van der Waals surface area contributed by atoms with Gasteiger partial charge >= 0.3 is 0 Å². The van der Waals surface area contributed by atoms with Crippen molar-refractivity contribution in [3.05, 3.63) is 23.8 Å². The first-order valence-corrected chi connectivity index (χ1v) is 6.37. The monoisotopic (exact) mass is 222 g/mol. The molecule has 1 unspecified atom stereocenters. The predicted octanol–water partition coefficient (Wildman–Crippen LogP) is 4.23. The van der Waals surface area contributed by atoms with Crippen LogP contribution in [0.15, 0.2) is 23.8 Å². The molecule has 1 atom stereocenters. The van der Waals surface area contributed by atoms with Crippen LogP contribution in [0.2, 0.25) is 0 Å². The SMILES string of the molecule is CC1=CCC(C)(C)C=CCC(C)(O)CCC1. The topological polar surface area (TPSA) is 20.2 Å². The highest BCUT2D eigenvalue weighted by Crippen LogP contribution is 2.28. The lowest BCUT2D eigenvalue weighted by Gasteiger charge is -2.22. The average Bonchev–Trinajstić information content (AvgIpc) is 2.14. The van der Waals surface area contributed by atoms with Gasteiger partial charge in [-0.15, -0.1) is 0 Å². The Morgan fingerprint density at radius 2 is 1.88 bits per heavy atom. The first kappa shape index (κ1) is 13.5. The lowest BCUT2D eigenvalue weighted by molar-refractivity contribution is 0.0519. The van der Waals surface area contributed by atoms with Crippen molar-refractivity contribution in [3.63, 3.8) is 0 Å². The largest absolute Gasteiger partial charge is 0.390 e. The quantitative estimate of drug-likeness (QED) is 0.608. The van der Waals surface area contributed by atoms with Crippen LogP contribution in [0.1, 0.15) is 59.8 Å². The van der Waals surface area contributed by atoms with Gasteiger partial charge in [-0.1, -0.05) is 37.6 Å². The van der Waals surface area contributed by atoms with Crippen molar-refractivity contribution in [1.82, 2.24) is 0 Å². The van der Waals surface area contributed by atoms with E-state index in [4.69, 9.17) is 0 Å². The van der Waals surface area contributed by atoms with E-state index in [1.807, 2.05) is 6.92 Å². The molecular weight excluding hydrogens is 196 g/mol. The zero-order chi connectivity index (χ0) is 12.2. The van der Waals surface area contributed by atoms with Crippen molar-refractivity contribution in [2.75, 3.05) is 0 Å². The molecule has 0 saturated heterocycles. The lowest BCUT2D eigenvalue weighted by atomic mass is 9.87. The van der Waals surface area contributed by atoms with Crippen molar-refractivity contribution < 1.29 is 5.11 Å². The Balaban J connectivity index is 2.78. The summed E-state index contributed by atoms with van der Waals surface area (Å²) >= 11 is 0. The van der Waals surface area contributed by atoms with Gasteiger partial charge < -0.3 is 5.11 Å². The van der Waals surface area contributed by atoms with Gasteiger partial charge in [0.2, 0.25) is 0 Å². The van der Waals surface area contributed by atoms with Crippen molar-refractivity contribution >= 4 is 0 Å². The Hall–Kier alpha value is -0.560. The first-order valence-electron chi connectivity index (χ1n) is 6.37. The summed E-state index contributed by atoms with van der Waals surface area (Å²) in [6, 6.07) is 0. The molecule has 0 radical (unpaired) electrons. The van der Waals surface area contributed by atoms with Crippen LogP contribution in [0.4, 0.5) is 0 Å². The minimum Gasteiger partial charge on any atom is -0.390 e. The van der Waals surface area contributed by atoms with E-state index in [0.29, 0.717) is 0 Å². The minimum atomic E-state index is -0.531. The van der Waals surface area contributed by atoms with Gasteiger partial charge in [0.05, 0.1) is 5.60 Å². The number of allylic oxidation sites excluding steroid dienone is 3. The fourth-order valence-electron chi connectivity index (χ4n) is 2.09. The zero-order valence-corrected chi connectivity index (χ0v) is 11.2. The van der Waals surface area contributed by atoms with Crippen LogP contribution >= 0.6 is 0 Å². The first-order chi connectivity index (χ1) is 7.31. The van der Waals surface area contributed by atoms with E-state index in [2.05, 4.69) is 39.0 Å². The van der Waals surface area contributed by atoms with E-state index in [1.165, 1.54) is 5.57 Å². The Labute approximate surface area is 100 Å². The number of hydrogen-bond donors (Lipinski definition) is 1. The highest BCUT2D eigenvalue weighted by Gasteiger charge is 2.20. The zero-order valence-electron chi connectivity index (χ0n) is 11.2. The van der Waals surface area contributed by atoms with E-state index >= 15 is 0 Å². The molecule has 0 amide bonds.